The number of methoxy groups -OCH3 is 1. The van der Waals surface area contributed by atoms with Gasteiger partial charge in [0.1, 0.15) is 11.5 Å². The summed E-state index contributed by atoms with van der Waals surface area (Å²) in [4.78, 5) is 4.31. The van der Waals surface area contributed by atoms with Gasteiger partial charge in [0.2, 0.25) is 5.88 Å². The third-order valence-electron chi connectivity index (χ3n) is 2.80. The molecule has 6 heteroatoms. The van der Waals surface area contributed by atoms with Crippen LogP contribution in [0.1, 0.15) is 12.5 Å². The van der Waals surface area contributed by atoms with Crippen LogP contribution in [0.2, 0.25) is 0 Å². The number of hydrogen-bond acceptors (Lipinski definition) is 4. The highest BCUT2D eigenvalue weighted by atomic mass is 79.9. The van der Waals surface area contributed by atoms with Gasteiger partial charge in [0.15, 0.2) is 0 Å². The van der Waals surface area contributed by atoms with E-state index < -0.39 is 0 Å². The van der Waals surface area contributed by atoms with Crippen LogP contribution in [0.25, 0.3) is 0 Å². The predicted octanol–water partition coefficient (Wildman–Crippen LogP) is 4.52. The fraction of sp³-hybridized carbons (Fsp3) is 0.267. The molecule has 2 aromatic rings. The van der Waals surface area contributed by atoms with Gasteiger partial charge in [-0.15, -0.1) is 0 Å². The van der Waals surface area contributed by atoms with Gasteiger partial charge in [0.05, 0.1) is 16.1 Å². The van der Waals surface area contributed by atoms with E-state index in [0.29, 0.717) is 11.6 Å². The van der Waals surface area contributed by atoms with Crippen LogP contribution in [0.4, 0.5) is 0 Å². The molecule has 0 atom stereocenters. The molecule has 1 aromatic heterocycles. The molecule has 0 spiro atoms. The van der Waals surface area contributed by atoms with Crippen LogP contribution >= 0.6 is 31.9 Å². The number of benzene rings is 1. The summed E-state index contributed by atoms with van der Waals surface area (Å²) in [6, 6.07) is 7.55. The van der Waals surface area contributed by atoms with E-state index in [4.69, 9.17) is 9.47 Å². The minimum atomic E-state index is 0.549. The molecule has 0 saturated heterocycles. The number of pyridine rings is 1. The molecular weight excluding hydrogens is 400 g/mol. The predicted molar refractivity (Wildman–Crippen MR) is 90.1 cm³/mol. The van der Waals surface area contributed by atoms with E-state index in [-0.39, 0.29) is 0 Å². The Morgan fingerprint density at radius 2 is 1.86 bits per heavy atom. The second kappa shape index (κ2) is 7.77. The second-order valence-corrected chi connectivity index (χ2v) is 6.01. The monoisotopic (exact) mass is 414 g/mol. The minimum absolute atomic E-state index is 0.549. The maximum absolute atomic E-state index is 5.78. The lowest BCUT2D eigenvalue weighted by Crippen LogP contribution is -2.11. The molecule has 0 saturated carbocycles. The Morgan fingerprint density at radius 3 is 2.48 bits per heavy atom. The molecule has 1 heterocycles. The zero-order valence-electron chi connectivity index (χ0n) is 11.8. The molecule has 1 aromatic carbocycles. The van der Waals surface area contributed by atoms with Crippen molar-refractivity contribution < 1.29 is 9.47 Å². The summed E-state index contributed by atoms with van der Waals surface area (Å²) in [7, 11) is 1.62. The van der Waals surface area contributed by atoms with E-state index in [0.717, 1.165) is 33.3 Å². The van der Waals surface area contributed by atoms with Crippen LogP contribution in [0.15, 0.2) is 39.4 Å². The summed E-state index contributed by atoms with van der Waals surface area (Å²) in [5, 5.41) is 3.25. The molecule has 0 aliphatic rings. The average molecular weight is 416 g/mol. The number of rotatable bonds is 6. The molecule has 0 bridgehead atoms. The minimum Gasteiger partial charge on any atom is -0.496 e. The summed E-state index contributed by atoms with van der Waals surface area (Å²) in [5.41, 5.74) is 1.12. The molecule has 112 valence electrons. The van der Waals surface area contributed by atoms with E-state index in [1.54, 1.807) is 7.11 Å². The lowest BCUT2D eigenvalue weighted by Gasteiger charge is -2.10. The van der Waals surface area contributed by atoms with Gasteiger partial charge in [-0.25, -0.2) is 4.98 Å². The normalized spacial score (nSPS) is 10.5. The molecule has 0 aliphatic heterocycles. The average Bonchev–Trinajstić information content (AvgIpc) is 2.50. The van der Waals surface area contributed by atoms with E-state index in [9.17, 15) is 0 Å². The fourth-order valence-electron chi connectivity index (χ4n) is 1.70. The Kier molecular flexibility index (Phi) is 6.02. The maximum atomic E-state index is 5.78. The Labute approximate surface area is 141 Å². The molecule has 0 fully saturated rings. The Balaban J connectivity index is 2.12. The highest BCUT2D eigenvalue weighted by Gasteiger charge is 2.09. The third kappa shape index (κ3) is 4.43. The van der Waals surface area contributed by atoms with E-state index >= 15 is 0 Å². The quantitative estimate of drug-likeness (QED) is 0.753. The van der Waals surface area contributed by atoms with Crippen molar-refractivity contribution in [2.45, 2.75) is 13.5 Å². The van der Waals surface area contributed by atoms with E-state index in [2.05, 4.69) is 49.1 Å². The topological polar surface area (TPSA) is 43.4 Å². The van der Waals surface area contributed by atoms with E-state index in [1.807, 2.05) is 30.5 Å². The van der Waals surface area contributed by atoms with Gasteiger partial charge in [0, 0.05) is 18.8 Å². The van der Waals surface area contributed by atoms with Crippen molar-refractivity contribution in [1.29, 1.82) is 0 Å². The zero-order chi connectivity index (χ0) is 15.2. The van der Waals surface area contributed by atoms with Gasteiger partial charge in [-0.05, 0) is 56.1 Å². The summed E-state index contributed by atoms with van der Waals surface area (Å²) in [6.07, 6.45) is 1.81. The van der Waals surface area contributed by atoms with Crippen molar-refractivity contribution in [2.24, 2.45) is 0 Å². The second-order valence-electron chi connectivity index (χ2n) is 4.30. The van der Waals surface area contributed by atoms with Crippen molar-refractivity contribution >= 4 is 31.9 Å². The number of ether oxygens (including phenoxy) is 2. The van der Waals surface area contributed by atoms with Crippen LogP contribution in [-0.4, -0.2) is 18.6 Å². The lowest BCUT2D eigenvalue weighted by molar-refractivity contribution is 0.408. The van der Waals surface area contributed by atoms with Crippen molar-refractivity contribution in [3.63, 3.8) is 0 Å². The van der Waals surface area contributed by atoms with Crippen molar-refractivity contribution in [3.8, 4) is 17.4 Å². The smallest absolute Gasteiger partial charge is 0.219 e. The van der Waals surface area contributed by atoms with Gasteiger partial charge in [-0.2, -0.15) is 0 Å². The van der Waals surface area contributed by atoms with Crippen LogP contribution in [0, 0.1) is 0 Å². The van der Waals surface area contributed by atoms with Gasteiger partial charge < -0.3 is 14.8 Å². The van der Waals surface area contributed by atoms with Crippen LogP contribution < -0.4 is 14.8 Å². The molecule has 21 heavy (non-hydrogen) atoms. The van der Waals surface area contributed by atoms with Crippen molar-refractivity contribution in [1.82, 2.24) is 10.3 Å². The Morgan fingerprint density at radius 1 is 1.14 bits per heavy atom. The summed E-state index contributed by atoms with van der Waals surface area (Å²) in [6.45, 7) is 3.82. The molecular formula is C15H16Br2N2O2. The first-order valence-corrected chi connectivity index (χ1v) is 8.09. The van der Waals surface area contributed by atoms with Crippen LogP contribution in [0.5, 0.6) is 17.4 Å². The molecule has 0 radical (unpaired) electrons. The van der Waals surface area contributed by atoms with Crippen LogP contribution in [-0.2, 0) is 6.54 Å². The van der Waals surface area contributed by atoms with Gasteiger partial charge in [-0.1, -0.05) is 13.0 Å². The van der Waals surface area contributed by atoms with Gasteiger partial charge >= 0.3 is 0 Å². The lowest BCUT2D eigenvalue weighted by atomic mass is 10.3. The number of aromatic nitrogens is 1. The van der Waals surface area contributed by atoms with E-state index in [1.165, 1.54) is 0 Å². The molecule has 4 nitrogen and oxygen atoms in total. The first kappa shape index (κ1) is 16.3. The molecule has 2 rings (SSSR count). The number of halogens is 2. The van der Waals surface area contributed by atoms with Gasteiger partial charge in [0.25, 0.3) is 0 Å². The highest BCUT2D eigenvalue weighted by molar-refractivity contribution is 9.11. The standard InChI is InChI=1S/C15H16Br2N2O2/c1-3-18-8-10-4-5-15(19-9-10)21-14-7-11(16)13(20-2)6-12(14)17/h4-7,9,18H,3,8H2,1-2H3. The Hall–Kier alpha value is -1.11. The van der Waals surface area contributed by atoms with Gasteiger partial charge in [-0.3, -0.25) is 0 Å². The summed E-state index contributed by atoms with van der Waals surface area (Å²) < 4.78 is 12.6. The molecule has 1 N–H and O–H groups in total. The summed E-state index contributed by atoms with van der Waals surface area (Å²) >= 11 is 6.91. The molecule has 0 aliphatic carbocycles. The first-order valence-electron chi connectivity index (χ1n) is 6.50. The fourth-order valence-corrected chi connectivity index (χ4v) is 2.59. The van der Waals surface area contributed by atoms with Crippen molar-refractivity contribution in [2.75, 3.05) is 13.7 Å². The van der Waals surface area contributed by atoms with Crippen molar-refractivity contribution in [3.05, 3.63) is 45.0 Å². The molecule has 0 unspecified atom stereocenters. The zero-order valence-corrected chi connectivity index (χ0v) is 15.0. The number of nitrogens with zero attached hydrogens (tertiary/aromatic N) is 1. The third-order valence-corrected chi connectivity index (χ3v) is 4.04. The first-order chi connectivity index (χ1) is 10.1. The maximum Gasteiger partial charge on any atom is 0.219 e. The summed E-state index contributed by atoms with van der Waals surface area (Å²) in [5.74, 6) is 1.96. The molecule has 0 amide bonds. The van der Waals surface area contributed by atoms with Crippen LogP contribution in [0.3, 0.4) is 0 Å². The number of hydrogen-bond donors (Lipinski definition) is 1. The highest BCUT2D eigenvalue weighted by Crippen LogP contribution is 2.37. The Bertz CT molecular complexity index is 603. The number of nitrogens with one attached hydrogen (secondary N) is 1. The SMILES string of the molecule is CCNCc1ccc(Oc2cc(Br)c(OC)cc2Br)nc1. The largest absolute Gasteiger partial charge is 0.496 e.